The zero-order valence-corrected chi connectivity index (χ0v) is 12.1. The Hall–Kier alpha value is -1.56. The highest BCUT2D eigenvalue weighted by Crippen LogP contribution is 2.44. The van der Waals surface area contributed by atoms with Gasteiger partial charge in [-0.25, -0.2) is 0 Å². The molecule has 1 aromatic rings. The number of carbonyl (C=O) groups is 1. The molecule has 0 radical (unpaired) electrons. The molecule has 6 heteroatoms. The molecule has 1 atom stereocenters. The summed E-state index contributed by atoms with van der Waals surface area (Å²) in [6, 6.07) is 7.41. The minimum Gasteiger partial charge on any atom is -0.341 e. The molecule has 1 N–H and O–H groups in total. The average molecular weight is 300 g/mol. The van der Waals surface area contributed by atoms with Crippen LogP contribution in [0.1, 0.15) is 17.5 Å². The third-order valence-electron chi connectivity index (χ3n) is 3.99. The van der Waals surface area contributed by atoms with Gasteiger partial charge in [0.25, 0.3) is 0 Å². The fourth-order valence-electron chi connectivity index (χ4n) is 2.64. The Morgan fingerprint density at radius 2 is 1.95 bits per heavy atom. The van der Waals surface area contributed by atoms with Crippen LogP contribution in [0.25, 0.3) is 0 Å². The van der Waals surface area contributed by atoms with Crippen LogP contribution >= 0.6 is 0 Å². The maximum Gasteiger partial charge on any atom is 0.404 e. The maximum atomic E-state index is 13.3. The quantitative estimate of drug-likeness (QED) is 0.930. The number of carbonyl (C=O) groups excluding carboxylic acids is 1. The van der Waals surface area contributed by atoms with Gasteiger partial charge in [-0.2, -0.15) is 13.2 Å². The van der Waals surface area contributed by atoms with Gasteiger partial charge in [-0.3, -0.25) is 4.79 Å². The van der Waals surface area contributed by atoms with E-state index in [0.717, 1.165) is 11.1 Å². The van der Waals surface area contributed by atoms with Crippen molar-refractivity contribution in [3.05, 3.63) is 35.4 Å². The molecule has 1 aliphatic rings. The van der Waals surface area contributed by atoms with Gasteiger partial charge in [-0.05, 0) is 25.5 Å². The van der Waals surface area contributed by atoms with Crippen LogP contribution in [0.4, 0.5) is 13.2 Å². The van der Waals surface area contributed by atoms with Crippen LogP contribution in [0.3, 0.4) is 0 Å². The monoisotopic (exact) mass is 300 g/mol. The van der Waals surface area contributed by atoms with E-state index in [2.05, 4.69) is 5.32 Å². The smallest absolute Gasteiger partial charge is 0.341 e. The number of halogens is 3. The molecule has 0 saturated carbocycles. The van der Waals surface area contributed by atoms with Crippen LogP contribution in [-0.2, 0) is 11.3 Å². The fourth-order valence-corrected chi connectivity index (χ4v) is 2.64. The lowest BCUT2D eigenvalue weighted by atomic mass is 9.84. The number of hydrogen-bond donors (Lipinski definition) is 1. The standard InChI is InChI=1S/C15H19F3N2O/c1-11-3-5-12(6-4-11)9-20(2)13(21)14(15(16,17)18)7-8-19-10-14/h3-6,19H,7-10H2,1-2H3. The van der Waals surface area contributed by atoms with Gasteiger partial charge in [-0.15, -0.1) is 0 Å². The average Bonchev–Trinajstić information content (AvgIpc) is 2.90. The summed E-state index contributed by atoms with van der Waals surface area (Å²) in [5.41, 5.74) is -0.397. The zero-order valence-electron chi connectivity index (χ0n) is 12.1. The van der Waals surface area contributed by atoms with Crippen LogP contribution in [0, 0.1) is 12.3 Å². The summed E-state index contributed by atoms with van der Waals surface area (Å²) in [6.45, 7) is 1.98. The highest BCUT2D eigenvalue weighted by Gasteiger charge is 2.62. The van der Waals surface area contributed by atoms with E-state index in [1.54, 1.807) is 0 Å². The van der Waals surface area contributed by atoms with E-state index in [9.17, 15) is 18.0 Å². The van der Waals surface area contributed by atoms with Crippen molar-refractivity contribution in [3.8, 4) is 0 Å². The van der Waals surface area contributed by atoms with Crippen LogP contribution in [-0.4, -0.2) is 37.1 Å². The van der Waals surface area contributed by atoms with Crippen molar-refractivity contribution in [3.63, 3.8) is 0 Å². The molecule has 0 aliphatic carbocycles. The van der Waals surface area contributed by atoms with E-state index in [1.165, 1.54) is 11.9 Å². The number of nitrogens with one attached hydrogen (secondary N) is 1. The van der Waals surface area contributed by atoms with E-state index in [1.807, 2.05) is 31.2 Å². The Morgan fingerprint density at radius 1 is 1.33 bits per heavy atom. The summed E-state index contributed by atoms with van der Waals surface area (Å²) >= 11 is 0. The molecule has 1 amide bonds. The van der Waals surface area contributed by atoms with Gasteiger partial charge in [0.2, 0.25) is 5.91 Å². The lowest BCUT2D eigenvalue weighted by Crippen LogP contribution is -2.52. The second-order valence-corrected chi connectivity index (χ2v) is 5.65. The van der Waals surface area contributed by atoms with Crippen molar-refractivity contribution in [2.45, 2.75) is 26.1 Å². The molecule has 0 spiro atoms. The number of aryl methyl sites for hydroxylation is 1. The van der Waals surface area contributed by atoms with E-state index < -0.39 is 17.5 Å². The number of rotatable bonds is 3. The summed E-state index contributed by atoms with van der Waals surface area (Å²) in [5, 5.41) is 2.66. The summed E-state index contributed by atoms with van der Waals surface area (Å²) in [4.78, 5) is 13.5. The SMILES string of the molecule is Cc1ccc(CN(C)C(=O)C2(C(F)(F)F)CCNC2)cc1. The predicted molar refractivity (Wildman–Crippen MR) is 73.6 cm³/mol. The zero-order chi connectivity index (χ0) is 15.7. The summed E-state index contributed by atoms with van der Waals surface area (Å²) < 4.78 is 40.0. The lowest BCUT2D eigenvalue weighted by Gasteiger charge is -2.33. The Kier molecular flexibility index (Phi) is 4.27. The second-order valence-electron chi connectivity index (χ2n) is 5.65. The number of nitrogens with zero attached hydrogens (tertiary/aromatic N) is 1. The van der Waals surface area contributed by atoms with E-state index in [0.29, 0.717) is 0 Å². The van der Waals surface area contributed by atoms with Crippen molar-refractivity contribution in [2.75, 3.05) is 20.1 Å². The molecular formula is C15H19F3N2O. The van der Waals surface area contributed by atoms with E-state index in [4.69, 9.17) is 0 Å². The van der Waals surface area contributed by atoms with Gasteiger partial charge in [-0.1, -0.05) is 29.8 Å². The minimum absolute atomic E-state index is 0.178. The van der Waals surface area contributed by atoms with E-state index >= 15 is 0 Å². The molecule has 1 saturated heterocycles. The third kappa shape index (κ3) is 3.05. The molecule has 0 bridgehead atoms. The van der Waals surface area contributed by atoms with Crippen LogP contribution in [0.2, 0.25) is 0 Å². The van der Waals surface area contributed by atoms with Crippen molar-refractivity contribution < 1.29 is 18.0 Å². The first-order valence-electron chi connectivity index (χ1n) is 6.85. The highest BCUT2D eigenvalue weighted by atomic mass is 19.4. The molecular weight excluding hydrogens is 281 g/mol. The Balaban J connectivity index is 2.15. The van der Waals surface area contributed by atoms with Crippen LogP contribution in [0.15, 0.2) is 24.3 Å². The maximum absolute atomic E-state index is 13.3. The number of hydrogen-bond acceptors (Lipinski definition) is 2. The molecule has 2 rings (SSSR count). The normalized spacial score (nSPS) is 22.3. The first-order chi connectivity index (χ1) is 9.76. The first-order valence-corrected chi connectivity index (χ1v) is 6.85. The summed E-state index contributed by atoms with van der Waals surface area (Å²) in [6.07, 6.45) is -4.73. The molecule has 1 aliphatic heterocycles. The third-order valence-corrected chi connectivity index (χ3v) is 3.99. The predicted octanol–water partition coefficient (Wildman–Crippen LogP) is 2.50. The van der Waals surface area contributed by atoms with Crippen LogP contribution in [0.5, 0.6) is 0 Å². The van der Waals surface area contributed by atoms with E-state index in [-0.39, 0.29) is 26.1 Å². The van der Waals surface area contributed by atoms with Crippen molar-refractivity contribution in [1.29, 1.82) is 0 Å². The minimum atomic E-state index is -4.53. The number of alkyl halides is 3. The number of amides is 1. The van der Waals surface area contributed by atoms with Gasteiger partial charge in [0.1, 0.15) is 0 Å². The highest BCUT2D eigenvalue weighted by molar-refractivity contribution is 5.84. The number of benzene rings is 1. The summed E-state index contributed by atoms with van der Waals surface area (Å²) in [5.74, 6) is -0.861. The van der Waals surface area contributed by atoms with Crippen molar-refractivity contribution in [2.24, 2.45) is 5.41 Å². The van der Waals surface area contributed by atoms with Gasteiger partial charge < -0.3 is 10.2 Å². The largest absolute Gasteiger partial charge is 0.404 e. The van der Waals surface area contributed by atoms with Crippen molar-refractivity contribution >= 4 is 5.91 Å². The van der Waals surface area contributed by atoms with Gasteiger partial charge >= 0.3 is 6.18 Å². The van der Waals surface area contributed by atoms with Gasteiger partial charge in [0, 0.05) is 20.1 Å². The fraction of sp³-hybridized carbons (Fsp3) is 0.533. The molecule has 1 fully saturated rings. The van der Waals surface area contributed by atoms with Gasteiger partial charge in [0.05, 0.1) is 0 Å². The molecule has 0 aromatic heterocycles. The lowest BCUT2D eigenvalue weighted by molar-refractivity contribution is -0.221. The molecule has 1 aromatic carbocycles. The topological polar surface area (TPSA) is 32.3 Å². The Labute approximate surface area is 122 Å². The van der Waals surface area contributed by atoms with Gasteiger partial charge in [0.15, 0.2) is 5.41 Å². The molecule has 3 nitrogen and oxygen atoms in total. The molecule has 1 heterocycles. The summed E-state index contributed by atoms with van der Waals surface area (Å²) in [7, 11) is 1.42. The Bertz CT molecular complexity index is 505. The molecule has 21 heavy (non-hydrogen) atoms. The molecule has 116 valence electrons. The second kappa shape index (κ2) is 5.67. The van der Waals surface area contributed by atoms with Crippen molar-refractivity contribution in [1.82, 2.24) is 10.2 Å². The van der Waals surface area contributed by atoms with Crippen LogP contribution < -0.4 is 5.32 Å². The first kappa shape index (κ1) is 15.8. The molecule has 1 unspecified atom stereocenters. The Morgan fingerprint density at radius 3 is 2.43 bits per heavy atom.